The summed E-state index contributed by atoms with van der Waals surface area (Å²) in [5.41, 5.74) is 0.698. The van der Waals surface area contributed by atoms with Crippen LogP contribution >= 0.6 is 0 Å². The number of hydrogen-bond acceptors (Lipinski definition) is 3. The van der Waals surface area contributed by atoms with Gasteiger partial charge in [0.2, 0.25) is 10.0 Å². The van der Waals surface area contributed by atoms with E-state index in [2.05, 4.69) is 0 Å². The molecule has 25 heavy (non-hydrogen) atoms. The molecule has 0 aliphatic carbocycles. The van der Waals surface area contributed by atoms with Crippen LogP contribution in [0.2, 0.25) is 0 Å². The Morgan fingerprint density at radius 3 is 2.60 bits per heavy atom. The summed E-state index contributed by atoms with van der Waals surface area (Å²) in [6.45, 7) is 0.169. The summed E-state index contributed by atoms with van der Waals surface area (Å²) >= 11 is 0. The van der Waals surface area contributed by atoms with Crippen LogP contribution in [0.4, 0.5) is 13.2 Å². The minimum absolute atomic E-state index is 0.169. The molecule has 1 aliphatic heterocycles. The van der Waals surface area contributed by atoms with Crippen LogP contribution in [0, 0.1) is 17.5 Å². The minimum Gasteiger partial charge on any atom is -0.497 e. The van der Waals surface area contributed by atoms with Gasteiger partial charge in [0.05, 0.1) is 13.2 Å². The van der Waals surface area contributed by atoms with Crippen LogP contribution in [0.15, 0.2) is 41.3 Å². The Bertz CT molecular complexity index is 902. The lowest BCUT2D eigenvalue weighted by molar-refractivity contribution is 0.383. The maximum Gasteiger partial charge on any atom is 0.246 e. The second kappa shape index (κ2) is 6.68. The third-order valence-electron chi connectivity index (χ3n) is 4.27. The highest BCUT2D eigenvalue weighted by Gasteiger charge is 2.38. The van der Waals surface area contributed by atoms with E-state index in [9.17, 15) is 21.6 Å². The van der Waals surface area contributed by atoms with Gasteiger partial charge in [-0.3, -0.25) is 0 Å². The molecule has 0 aromatic heterocycles. The summed E-state index contributed by atoms with van der Waals surface area (Å²) in [5, 5.41) is 0. The highest BCUT2D eigenvalue weighted by atomic mass is 32.2. The van der Waals surface area contributed by atoms with Gasteiger partial charge in [-0.1, -0.05) is 12.1 Å². The van der Waals surface area contributed by atoms with Gasteiger partial charge in [-0.25, -0.2) is 21.6 Å². The van der Waals surface area contributed by atoms with E-state index in [0.717, 1.165) is 10.4 Å². The molecule has 1 aliphatic rings. The number of ether oxygens (including phenoxy) is 1. The van der Waals surface area contributed by atoms with Gasteiger partial charge in [-0.15, -0.1) is 0 Å². The third-order valence-corrected chi connectivity index (χ3v) is 6.19. The first kappa shape index (κ1) is 17.8. The Balaban J connectivity index is 2.03. The maximum absolute atomic E-state index is 14.0. The Labute approximate surface area is 143 Å². The van der Waals surface area contributed by atoms with Crippen LogP contribution in [0.5, 0.6) is 5.75 Å². The van der Waals surface area contributed by atoms with Gasteiger partial charge in [-0.2, -0.15) is 4.31 Å². The standard InChI is InChI=1S/C17H16F3NO3S/c1-24-12-5-2-4-11(10-12)14-6-3-9-21(14)25(22,23)15-8-7-13(18)16(19)17(15)20/h2,4-5,7-8,10,14H,3,6,9H2,1H3. The highest BCUT2D eigenvalue weighted by Crippen LogP contribution is 2.38. The topological polar surface area (TPSA) is 46.6 Å². The van der Waals surface area contributed by atoms with Crippen molar-refractivity contribution >= 4 is 10.0 Å². The van der Waals surface area contributed by atoms with Crippen LogP contribution in [0.1, 0.15) is 24.4 Å². The molecule has 2 aromatic carbocycles. The van der Waals surface area contributed by atoms with Crippen LogP contribution in [0.25, 0.3) is 0 Å². The lowest BCUT2D eigenvalue weighted by Gasteiger charge is -2.25. The van der Waals surface area contributed by atoms with Crippen LogP contribution in [-0.2, 0) is 10.0 Å². The van der Waals surface area contributed by atoms with Gasteiger partial charge >= 0.3 is 0 Å². The molecular formula is C17H16F3NO3S. The van der Waals surface area contributed by atoms with Gasteiger partial charge in [0.1, 0.15) is 10.6 Å². The van der Waals surface area contributed by atoms with E-state index in [4.69, 9.17) is 4.74 Å². The van der Waals surface area contributed by atoms with Gasteiger partial charge in [0.25, 0.3) is 0 Å². The number of nitrogens with zero attached hydrogens (tertiary/aromatic N) is 1. The molecule has 3 rings (SSSR count). The fourth-order valence-corrected chi connectivity index (χ4v) is 4.78. The lowest BCUT2D eigenvalue weighted by atomic mass is 10.1. The first-order chi connectivity index (χ1) is 11.9. The van der Waals surface area contributed by atoms with Gasteiger partial charge in [-0.05, 0) is 42.7 Å². The van der Waals surface area contributed by atoms with Crippen molar-refractivity contribution in [3.63, 3.8) is 0 Å². The average Bonchev–Trinajstić information content (AvgIpc) is 3.10. The molecule has 0 bridgehead atoms. The first-order valence-electron chi connectivity index (χ1n) is 7.65. The lowest BCUT2D eigenvalue weighted by Crippen LogP contribution is -2.31. The summed E-state index contributed by atoms with van der Waals surface area (Å²) in [4.78, 5) is -0.860. The normalized spacial score (nSPS) is 18.5. The number of benzene rings is 2. The molecule has 0 amide bonds. The van der Waals surface area contributed by atoms with Crippen molar-refractivity contribution in [3.8, 4) is 5.75 Å². The maximum atomic E-state index is 14.0. The zero-order valence-corrected chi connectivity index (χ0v) is 14.2. The molecule has 1 saturated heterocycles. The predicted octanol–water partition coefficient (Wildman–Crippen LogP) is 3.64. The van der Waals surface area contributed by atoms with E-state index in [1.165, 1.54) is 7.11 Å². The summed E-state index contributed by atoms with van der Waals surface area (Å²) < 4.78 is 72.5. The van der Waals surface area contributed by atoms with E-state index in [-0.39, 0.29) is 6.54 Å². The fraction of sp³-hybridized carbons (Fsp3) is 0.294. The number of hydrogen-bond donors (Lipinski definition) is 0. The summed E-state index contributed by atoms with van der Waals surface area (Å²) in [6.07, 6.45) is 1.12. The number of sulfonamides is 1. The monoisotopic (exact) mass is 371 g/mol. The van der Waals surface area contributed by atoms with E-state index >= 15 is 0 Å². The molecule has 1 atom stereocenters. The van der Waals surface area contributed by atoms with Crippen molar-refractivity contribution in [2.45, 2.75) is 23.8 Å². The zero-order valence-electron chi connectivity index (χ0n) is 13.4. The number of halogens is 3. The van der Waals surface area contributed by atoms with Gasteiger partial charge in [0.15, 0.2) is 17.5 Å². The van der Waals surface area contributed by atoms with Gasteiger partial charge in [0, 0.05) is 6.54 Å². The van der Waals surface area contributed by atoms with Crippen molar-refractivity contribution < 1.29 is 26.3 Å². The zero-order chi connectivity index (χ0) is 18.2. The molecular weight excluding hydrogens is 355 g/mol. The van der Waals surface area contributed by atoms with Gasteiger partial charge < -0.3 is 4.74 Å². The Morgan fingerprint density at radius 2 is 1.88 bits per heavy atom. The molecule has 1 unspecified atom stereocenters. The second-order valence-corrected chi connectivity index (χ2v) is 7.58. The fourth-order valence-electron chi connectivity index (χ4n) is 3.04. The molecule has 2 aromatic rings. The first-order valence-corrected chi connectivity index (χ1v) is 9.09. The molecule has 134 valence electrons. The van der Waals surface area contributed by atoms with Crippen molar-refractivity contribution in [3.05, 3.63) is 59.4 Å². The van der Waals surface area contributed by atoms with Crippen molar-refractivity contribution in [2.24, 2.45) is 0 Å². The summed E-state index contributed by atoms with van der Waals surface area (Å²) in [7, 11) is -2.82. The largest absolute Gasteiger partial charge is 0.497 e. The summed E-state index contributed by atoms with van der Waals surface area (Å²) in [5.74, 6) is -4.35. The highest BCUT2D eigenvalue weighted by molar-refractivity contribution is 7.89. The van der Waals surface area contributed by atoms with E-state index in [1.54, 1.807) is 24.3 Å². The smallest absolute Gasteiger partial charge is 0.246 e. The molecule has 1 heterocycles. The van der Waals surface area contributed by atoms with Crippen molar-refractivity contribution in [1.82, 2.24) is 4.31 Å². The van der Waals surface area contributed by atoms with Crippen molar-refractivity contribution in [2.75, 3.05) is 13.7 Å². The third kappa shape index (κ3) is 3.11. The molecule has 0 radical (unpaired) electrons. The molecule has 4 nitrogen and oxygen atoms in total. The number of methoxy groups -OCH3 is 1. The van der Waals surface area contributed by atoms with Crippen molar-refractivity contribution in [1.29, 1.82) is 0 Å². The predicted molar refractivity (Wildman–Crippen MR) is 85.2 cm³/mol. The molecule has 1 fully saturated rings. The van der Waals surface area contributed by atoms with Crippen LogP contribution in [0.3, 0.4) is 0 Å². The van der Waals surface area contributed by atoms with E-state index in [1.807, 2.05) is 0 Å². The van der Waals surface area contributed by atoms with Crippen LogP contribution < -0.4 is 4.74 Å². The Morgan fingerprint density at radius 1 is 1.12 bits per heavy atom. The minimum atomic E-state index is -4.31. The molecule has 8 heteroatoms. The van der Waals surface area contributed by atoms with E-state index in [0.29, 0.717) is 30.2 Å². The Kier molecular flexibility index (Phi) is 4.75. The second-order valence-electron chi connectivity index (χ2n) is 5.72. The van der Waals surface area contributed by atoms with E-state index < -0.39 is 38.4 Å². The SMILES string of the molecule is COc1cccc(C2CCCN2S(=O)(=O)c2ccc(F)c(F)c2F)c1. The summed E-state index contributed by atoms with van der Waals surface area (Å²) in [6, 6.07) is 7.77. The quantitative estimate of drug-likeness (QED) is 0.771. The van der Waals surface area contributed by atoms with Crippen LogP contribution in [-0.4, -0.2) is 26.4 Å². The molecule has 0 spiro atoms. The number of rotatable bonds is 4. The molecule has 0 N–H and O–H groups in total. The molecule has 0 saturated carbocycles. The average molecular weight is 371 g/mol. The Hall–Kier alpha value is -2.06.